The number of carbonyl (C=O) groups is 1. The number of aldehydes is 1. The van der Waals surface area contributed by atoms with Gasteiger partial charge in [-0.1, -0.05) is 29.8 Å². The predicted molar refractivity (Wildman–Crippen MR) is 67.5 cm³/mol. The fourth-order valence-corrected chi connectivity index (χ4v) is 3.12. The first-order chi connectivity index (χ1) is 7.81. The lowest BCUT2D eigenvalue weighted by molar-refractivity contribution is 0.112. The third-order valence-electron chi connectivity index (χ3n) is 2.48. The highest BCUT2D eigenvalue weighted by atomic mass is 35.5. The first kappa shape index (κ1) is 9.75. The van der Waals surface area contributed by atoms with E-state index in [0.717, 1.165) is 26.6 Å². The van der Waals surface area contributed by atoms with Crippen LogP contribution in [0.1, 0.15) is 10.4 Å². The molecule has 2 heterocycles. The highest BCUT2D eigenvalue weighted by molar-refractivity contribution is 7.26. The van der Waals surface area contributed by atoms with Crippen LogP contribution in [0.2, 0.25) is 5.02 Å². The van der Waals surface area contributed by atoms with Gasteiger partial charge < -0.3 is 0 Å². The van der Waals surface area contributed by atoms with E-state index < -0.39 is 0 Å². The lowest BCUT2D eigenvalue weighted by Gasteiger charge is -1.96. The smallest absolute Gasteiger partial charge is 0.153 e. The van der Waals surface area contributed by atoms with Crippen molar-refractivity contribution in [3.05, 3.63) is 41.0 Å². The van der Waals surface area contributed by atoms with Crippen molar-refractivity contribution >= 4 is 49.5 Å². The molecule has 0 aliphatic heterocycles. The summed E-state index contributed by atoms with van der Waals surface area (Å²) < 4.78 is 2.02. The molecular weight excluding hydrogens is 242 g/mol. The summed E-state index contributed by atoms with van der Waals surface area (Å²) in [5.74, 6) is 0. The number of nitrogens with zero attached hydrogens (tertiary/aromatic N) is 1. The molecule has 0 saturated heterocycles. The average molecular weight is 248 g/mol. The van der Waals surface area contributed by atoms with Gasteiger partial charge in [0.15, 0.2) is 6.29 Å². The van der Waals surface area contributed by atoms with Gasteiger partial charge in [0, 0.05) is 16.3 Å². The summed E-state index contributed by atoms with van der Waals surface area (Å²) in [6, 6.07) is 7.99. The van der Waals surface area contributed by atoms with Gasteiger partial charge in [0.1, 0.15) is 0 Å². The predicted octanol–water partition coefficient (Wildman–Crippen LogP) is 3.92. The number of pyridine rings is 1. The number of rotatable bonds is 1. The Bertz CT molecular complexity index is 705. The third kappa shape index (κ3) is 1.25. The zero-order chi connectivity index (χ0) is 11.1. The van der Waals surface area contributed by atoms with Crippen molar-refractivity contribution in [2.75, 3.05) is 0 Å². The fourth-order valence-electron chi connectivity index (χ4n) is 1.71. The number of hydrogen-bond acceptors (Lipinski definition) is 3. The largest absolute Gasteiger partial charge is 0.298 e. The van der Waals surface area contributed by atoms with Crippen LogP contribution in [-0.4, -0.2) is 11.3 Å². The molecule has 0 atom stereocenters. The number of halogens is 1. The van der Waals surface area contributed by atoms with Crippen molar-refractivity contribution in [1.82, 2.24) is 4.98 Å². The van der Waals surface area contributed by atoms with E-state index in [1.54, 1.807) is 11.3 Å². The molecule has 0 amide bonds. The van der Waals surface area contributed by atoms with Crippen molar-refractivity contribution < 1.29 is 4.79 Å². The minimum atomic E-state index is 0.445. The molecule has 1 aromatic carbocycles. The first-order valence-electron chi connectivity index (χ1n) is 4.72. The molecular formula is C12H6ClNOS. The summed E-state index contributed by atoms with van der Waals surface area (Å²) >= 11 is 7.72. The van der Waals surface area contributed by atoms with E-state index in [2.05, 4.69) is 4.98 Å². The van der Waals surface area contributed by atoms with Gasteiger partial charge in [-0.25, -0.2) is 0 Å². The number of benzene rings is 1. The highest BCUT2D eigenvalue weighted by Crippen LogP contribution is 2.37. The van der Waals surface area contributed by atoms with E-state index in [1.165, 1.54) is 6.20 Å². The lowest BCUT2D eigenvalue weighted by Crippen LogP contribution is -1.84. The second-order valence-corrected chi connectivity index (χ2v) is 4.85. The molecule has 78 valence electrons. The SMILES string of the molecule is O=Cc1cnc2c(sc3ccccc32)c1Cl. The van der Waals surface area contributed by atoms with Gasteiger partial charge in [0.05, 0.1) is 20.8 Å². The van der Waals surface area contributed by atoms with E-state index in [1.807, 2.05) is 24.3 Å². The average Bonchev–Trinajstić information content (AvgIpc) is 2.69. The quantitative estimate of drug-likeness (QED) is 0.610. The standard InChI is InChI=1S/C12H6ClNOS/c13-10-7(6-15)5-14-11-8-3-1-2-4-9(8)16-12(10)11/h1-6H. The minimum Gasteiger partial charge on any atom is -0.298 e. The van der Waals surface area contributed by atoms with Crippen LogP contribution >= 0.6 is 22.9 Å². The fraction of sp³-hybridized carbons (Fsp3) is 0. The summed E-state index contributed by atoms with van der Waals surface area (Å²) in [4.78, 5) is 15.1. The molecule has 4 heteroatoms. The second kappa shape index (κ2) is 3.54. The maximum Gasteiger partial charge on any atom is 0.153 e. The summed E-state index contributed by atoms with van der Waals surface area (Å²) in [6.45, 7) is 0. The molecule has 3 aromatic rings. The normalized spacial score (nSPS) is 11.1. The Morgan fingerprint density at radius 1 is 1.31 bits per heavy atom. The molecule has 2 nitrogen and oxygen atoms in total. The lowest BCUT2D eigenvalue weighted by atomic mass is 10.2. The molecule has 0 radical (unpaired) electrons. The minimum absolute atomic E-state index is 0.445. The van der Waals surface area contributed by atoms with Crippen molar-refractivity contribution in [2.24, 2.45) is 0 Å². The van der Waals surface area contributed by atoms with E-state index in [4.69, 9.17) is 11.6 Å². The van der Waals surface area contributed by atoms with E-state index in [0.29, 0.717) is 10.6 Å². The molecule has 2 aromatic heterocycles. The monoisotopic (exact) mass is 247 g/mol. The molecule has 0 bridgehead atoms. The molecule has 0 aliphatic rings. The van der Waals surface area contributed by atoms with Gasteiger partial charge in [-0.3, -0.25) is 9.78 Å². The van der Waals surface area contributed by atoms with Crippen molar-refractivity contribution in [3.8, 4) is 0 Å². The summed E-state index contributed by atoms with van der Waals surface area (Å²) in [7, 11) is 0. The molecule has 0 saturated carbocycles. The first-order valence-corrected chi connectivity index (χ1v) is 5.91. The molecule has 16 heavy (non-hydrogen) atoms. The molecule has 0 aliphatic carbocycles. The molecule has 0 fully saturated rings. The number of thiophene rings is 1. The molecule has 0 spiro atoms. The topological polar surface area (TPSA) is 30.0 Å². The Balaban J connectivity index is 2.54. The Morgan fingerprint density at radius 2 is 2.12 bits per heavy atom. The van der Waals surface area contributed by atoms with Crippen molar-refractivity contribution in [2.45, 2.75) is 0 Å². The Labute approximate surface area is 100 Å². The van der Waals surface area contributed by atoms with Crippen LogP contribution in [-0.2, 0) is 0 Å². The van der Waals surface area contributed by atoms with Gasteiger partial charge in [0.2, 0.25) is 0 Å². The maximum absolute atomic E-state index is 10.8. The van der Waals surface area contributed by atoms with Gasteiger partial charge in [-0.15, -0.1) is 11.3 Å². The summed E-state index contributed by atoms with van der Waals surface area (Å²) in [5.41, 5.74) is 1.32. The van der Waals surface area contributed by atoms with Gasteiger partial charge in [-0.05, 0) is 6.07 Å². The van der Waals surface area contributed by atoms with Gasteiger partial charge >= 0.3 is 0 Å². The third-order valence-corrected chi connectivity index (χ3v) is 4.18. The van der Waals surface area contributed by atoms with Crippen LogP contribution in [0, 0.1) is 0 Å². The van der Waals surface area contributed by atoms with Crippen LogP contribution in [0.25, 0.3) is 20.3 Å². The Morgan fingerprint density at radius 3 is 2.94 bits per heavy atom. The van der Waals surface area contributed by atoms with Crippen LogP contribution in [0.5, 0.6) is 0 Å². The Hall–Kier alpha value is -1.45. The molecule has 3 rings (SSSR count). The summed E-state index contributed by atoms with van der Waals surface area (Å²) in [6.07, 6.45) is 2.26. The second-order valence-electron chi connectivity index (χ2n) is 3.42. The van der Waals surface area contributed by atoms with Crippen LogP contribution < -0.4 is 0 Å². The molecule has 0 N–H and O–H groups in total. The van der Waals surface area contributed by atoms with Crippen molar-refractivity contribution in [1.29, 1.82) is 0 Å². The van der Waals surface area contributed by atoms with Crippen LogP contribution in [0.3, 0.4) is 0 Å². The van der Waals surface area contributed by atoms with E-state index in [9.17, 15) is 4.79 Å². The zero-order valence-electron chi connectivity index (χ0n) is 8.11. The van der Waals surface area contributed by atoms with E-state index >= 15 is 0 Å². The summed E-state index contributed by atoms with van der Waals surface area (Å²) in [5, 5.41) is 1.59. The zero-order valence-corrected chi connectivity index (χ0v) is 9.68. The van der Waals surface area contributed by atoms with Gasteiger partial charge in [0.25, 0.3) is 0 Å². The van der Waals surface area contributed by atoms with E-state index in [-0.39, 0.29) is 0 Å². The number of aromatic nitrogens is 1. The van der Waals surface area contributed by atoms with Crippen LogP contribution in [0.4, 0.5) is 0 Å². The highest BCUT2D eigenvalue weighted by Gasteiger charge is 2.11. The number of carbonyl (C=O) groups excluding carboxylic acids is 1. The number of hydrogen-bond donors (Lipinski definition) is 0. The van der Waals surface area contributed by atoms with Crippen LogP contribution in [0.15, 0.2) is 30.5 Å². The Kier molecular flexibility index (Phi) is 2.16. The molecule has 0 unspecified atom stereocenters. The maximum atomic E-state index is 10.8. The van der Waals surface area contributed by atoms with Crippen molar-refractivity contribution in [3.63, 3.8) is 0 Å². The number of fused-ring (bicyclic) bond motifs is 3. The van der Waals surface area contributed by atoms with Gasteiger partial charge in [-0.2, -0.15) is 0 Å².